The molecule has 1 N–H and O–H groups in total. The van der Waals surface area contributed by atoms with Crippen LogP contribution in [-0.4, -0.2) is 51.9 Å². The lowest BCUT2D eigenvalue weighted by atomic mass is 9.99. The Kier molecular flexibility index (Phi) is 5.89. The number of pyridine rings is 1. The summed E-state index contributed by atoms with van der Waals surface area (Å²) in [6, 6.07) is 5.70. The summed E-state index contributed by atoms with van der Waals surface area (Å²) in [5.41, 5.74) is 1.56. The first-order valence-corrected chi connectivity index (χ1v) is 10.1. The van der Waals surface area contributed by atoms with E-state index < -0.39 is 5.97 Å². The maximum absolute atomic E-state index is 10.7. The van der Waals surface area contributed by atoms with E-state index >= 15 is 0 Å². The summed E-state index contributed by atoms with van der Waals surface area (Å²) in [6.45, 7) is 1.73. The second-order valence-corrected chi connectivity index (χ2v) is 7.88. The summed E-state index contributed by atoms with van der Waals surface area (Å²) in [5.74, 6) is 0.0887. The summed E-state index contributed by atoms with van der Waals surface area (Å²) < 4.78 is 7.23. The van der Waals surface area contributed by atoms with Gasteiger partial charge in [0, 0.05) is 36.9 Å². The predicted molar refractivity (Wildman–Crippen MR) is 112 cm³/mol. The molecule has 7 nitrogen and oxygen atoms in total. The van der Waals surface area contributed by atoms with Crippen molar-refractivity contribution in [3.05, 3.63) is 47.0 Å². The number of carbonyl (C=O) groups is 1. The number of hydrogen-bond acceptors (Lipinski definition) is 5. The third kappa shape index (κ3) is 4.32. The summed E-state index contributed by atoms with van der Waals surface area (Å²) in [4.78, 5) is 21.8. The van der Waals surface area contributed by atoms with Crippen LogP contribution in [0.2, 0.25) is 10.0 Å². The summed E-state index contributed by atoms with van der Waals surface area (Å²) in [6.07, 6.45) is 7.30. The molecule has 4 rings (SSSR count). The molecule has 0 bridgehead atoms. The first-order valence-electron chi connectivity index (χ1n) is 9.34. The number of carboxylic acid groups (broad SMARTS) is 1. The minimum Gasteiger partial charge on any atom is -0.480 e. The van der Waals surface area contributed by atoms with E-state index in [1.165, 1.54) is 0 Å². The fourth-order valence-corrected chi connectivity index (χ4v) is 4.06. The molecule has 1 aromatic carbocycles. The van der Waals surface area contributed by atoms with Crippen LogP contribution in [0.4, 0.5) is 5.82 Å². The molecule has 0 spiro atoms. The van der Waals surface area contributed by atoms with Crippen molar-refractivity contribution in [3.8, 4) is 5.69 Å². The number of anilines is 1. The number of hydrogen-bond donors (Lipinski definition) is 1. The van der Waals surface area contributed by atoms with Gasteiger partial charge in [0.1, 0.15) is 12.4 Å². The van der Waals surface area contributed by atoms with Crippen LogP contribution < -0.4 is 4.90 Å². The van der Waals surface area contributed by atoms with Crippen molar-refractivity contribution >= 4 is 45.9 Å². The Balaban J connectivity index is 1.68. The standard InChI is InChI=1S/C20H20Cl2N4O3/c21-15-4-3-14-16(26-7-5-23-12-26)8-17(24-20(14)19(15)22)25-6-1-2-13(9-25)10-29-11-18(27)28/h3-5,7-8,12-13H,1-2,6,9-11H2,(H,27,28)/t13-/m1/s1. The van der Waals surface area contributed by atoms with Gasteiger partial charge in [0.25, 0.3) is 0 Å². The van der Waals surface area contributed by atoms with Crippen LogP contribution >= 0.6 is 23.2 Å². The summed E-state index contributed by atoms with van der Waals surface area (Å²) >= 11 is 12.7. The molecule has 3 aromatic rings. The number of rotatable bonds is 6. The molecule has 9 heteroatoms. The second kappa shape index (κ2) is 8.57. The van der Waals surface area contributed by atoms with Crippen LogP contribution in [0.3, 0.4) is 0 Å². The fraction of sp³-hybridized carbons (Fsp3) is 0.350. The molecule has 29 heavy (non-hydrogen) atoms. The van der Waals surface area contributed by atoms with Crippen LogP contribution in [0.1, 0.15) is 12.8 Å². The highest BCUT2D eigenvalue weighted by molar-refractivity contribution is 6.45. The number of halogens is 2. The highest BCUT2D eigenvalue weighted by Crippen LogP contribution is 2.35. The van der Waals surface area contributed by atoms with Gasteiger partial charge in [-0.1, -0.05) is 23.2 Å². The normalized spacial score (nSPS) is 17.0. The molecule has 0 unspecified atom stereocenters. The molecular formula is C20H20Cl2N4O3. The van der Waals surface area contributed by atoms with Crippen molar-refractivity contribution in [1.82, 2.24) is 14.5 Å². The number of nitrogens with zero attached hydrogens (tertiary/aromatic N) is 4. The average Bonchev–Trinajstić information content (AvgIpc) is 3.25. The lowest BCUT2D eigenvalue weighted by molar-refractivity contribution is -0.142. The minimum atomic E-state index is -0.953. The molecule has 1 aliphatic heterocycles. The van der Waals surface area contributed by atoms with Crippen molar-refractivity contribution in [2.45, 2.75) is 12.8 Å². The van der Waals surface area contributed by atoms with Crippen LogP contribution in [0.15, 0.2) is 36.9 Å². The number of carboxylic acids is 1. The van der Waals surface area contributed by atoms with Gasteiger partial charge < -0.3 is 19.3 Å². The van der Waals surface area contributed by atoms with E-state index in [0.29, 0.717) is 22.2 Å². The lowest BCUT2D eigenvalue weighted by Gasteiger charge is -2.34. The van der Waals surface area contributed by atoms with E-state index in [-0.39, 0.29) is 12.5 Å². The van der Waals surface area contributed by atoms with Crippen molar-refractivity contribution in [2.24, 2.45) is 5.92 Å². The molecular weight excluding hydrogens is 415 g/mol. The maximum Gasteiger partial charge on any atom is 0.329 e. The second-order valence-electron chi connectivity index (χ2n) is 7.09. The molecule has 0 aliphatic carbocycles. The number of imidazole rings is 1. The third-order valence-electron chi connectivity index (χ3n) is 5.04. The van der Waals surface area contributed by atoms with Gasteiger partial charge in [-0.2, -0.15) is 0 Å². The van der Waals surface area contributed by atoms with Gasteiger partial charge in [0.15, 0.2) is 0 Å². The van der Waals surface area contributed by atoms with Crippen molar-refractivity contribution in [3.63, 3.8) is 0 Å². The largest absolute Gasteiger partial charge is 0.480 e. The zero-order valence-electron chi connectivity index (χ0n) is 15.6. The quantitative estimate of drug-likeness (QED) is 0.630. The van der Waals surface area contributed by atoms with E-state index in [1.807, 2.05) is 22.9 Å². The van der Waals surface area contributed by atoms with Crippen LogP contribution in [0.25, 0.3) is 16.6 Å². The van der Waals surface area contributed by atoms with Gasteiger partial charge in [0.05, 0.1) is 34.2 Å². The number of fused-ring (bicyclic) bond motifs is 1. The van der Waals surface area contributed by atoms with Crippen LogP contribution in [-0.2, 0) is 9.53 Å². The van der Waals surface area contributed by atoms with Gasteiger partial charge in [-0.25, -0.2) is 14.8 Å². The SMILES string of the molecule is O=C(O)COC[C@@H]1CCCN(c2cc(-n3ccnc3)c3ccc(Cl)c(Cl)c3n2)C1. The Bertz CT molecular complexity index is 1030. The van der Waals surface area contributed by atoms with E-state index in [4.69, 9.17) is 38.0 Å². The van der Waals surface area contributed by atoms with E-state index in [9.17, 15) is 4.79 Å². The number of aromatic nitrogens is 3. The third-order valence-corrected chi connectivity index (χ3v) is 5.84. The molecule has 1 aliphatic rings. The average molecular weight is 435 g/mol. The van der Waals surface area contributed by atoms with E-state index in [1.54, 1.807) is 18.6 Å². The molecule has 0 saturated carbocycles. The minimum absolute atomic E-state index is 0.243. The topological polar surface area (TPSA) is 80.5 Å². The van der Waals surface area contributed by atoms with Crippen LogP contribution in [0, 0.1) is 5.92 Å². The molecule has 0 amide bonds. The predicted octanol–water partition coefficient (Wildman–Crippen LogP) is 4.04. The summed E-state index contributed by atoms with van der Waals surface area (Å²) in [5, 5.41) is 10.5. The molecule has 1 fully saturated rings. The van der Waals surface area contributed by atoms with Crippen molar-refractivity contribution in [2.75, 3.05) is 31.2 Å². The smallest absolute Gasteiger partial charge is 0.329 e. The van der Waals surface area contributed by atoms with E-state index in [0.717, 1.165) is 42.8 Å². The summed E-state index contributed by atoms with van der Waals surface area (Å²) in [7, 11) is 0. The Morgan fingerprint density at radius 3 is 2.97 bits per heavy atom. The molecule has 0 radical (unpaired) electrons. The van der Waals surface area contributed by atoms with Gasteiger partial charge in [-0.3, -0.25) is 0 Å². The molecule has 1 atom stereocenters. The van der Waals surface area contributed by atoms with Crippen molar-refractivity contribution in [1.29, 1.82) is 0 Å². The Labute approximate surface area is 177 Å². The zero-order chi connectivity index (χ0) is 20.4. The Morgan fingerprint density at radius 1 is 1.34 bits per heavy atom. The van der Waals surface area contributed by atoms with Gasteiger partial charge in [-0.05, 0) is 30.9 Å². The Morgan fingerprint density at radius 2 is 2.21 bits per heavy atom. The first kappa shape index (κ1) is 19.9. The lowest BCUT2D eigenvalue weighted by Crippen LogP contribution is -2.38. The first-order chi connectivity index (χ1) is 14.0. The molecule has 1 saturated heterocycles. The highest BCUT2D eigenvalue weighted by atomic mass is 35.5. The molecule has 152 valence electrons. The molecule has 3 heterocycles. The van der Waals surface area contributed by atoms with Gasteiger partial charge in [0.2, 0.25) is 0 Å². The maximum atomic E-state index is 10.7. The van der Waals surface area contributed by atoms with Gasteiger partial charge in [-0.15, -0.1) is 0 Å². The molecule has 2 aromatic heterocycles. The number of aliphatic carboxylic acids is 1. The monoisotopic (exact) mass is 434 g/mol. The Hall–Kier alpha value is -2.35. The van der Waals surface area contributed by atoms with Crippen molar-refractivity contribution < 1.29 is 14.6 Å². The van der Waals surface area contributed by atoms with Gasteiger partial charge >= 0.3 is 5.97 Å². The van der Waals surface area contributed by atoms with Crippen LogP contribution in [0.5, 0.6) is 0 Å². The van der Waals surface area contributed by atoms with E-state index in [2.05, 4.69) is 9.88 Å². The number of piperidine rings is 1. The zero-order valence-corrected chi connectivity index (χ0v) is 17.1. The fourth-order valence-electron chi connectivity index (χ4n) is 3.70. The highest BCUT2D eigenvalue weighted by Gasteiger charge is 2.23. The number of benzene rings is 1. The number of ether oxygens (including phenoxy) is 1.